The van der Waals surface area contributed by atoms with E-state index in [0.29, 0.717) is 11.4 Å². The van der Waals surface area contributed by atoms with Gasteiger partial charge in [-0.25, -0.2) is 9.67 Å². The summed E-state index contributed by atoms with van der Waals surface area (Å²) in [5, 5.41) is 13.9. The van der Waals surface area contributed by atoms with Crippen molar-refractivity contribution in [3.63, 3.8) is 0 Å². The maximum atomic E-state index is 12.6. The van der Waals surface area contributed by atoms with E-state index >= 15 is 0 Å². The maximum absolute atomic E-state index is 12.6. The molecule has 0 fully saturated rings. The van der Waals surface area contributed by atoms with E-state index in [9.17, 15) is 4.79 Å². The van der Waals surface area contributed by atoms with Crippen LogP contribution in [-0.4, -0.2) is 35.7 Å². The van der Waals surface area contributed by atoms with Gasteiger partial charge in [-0.15, -0.1) is 5.10 Å². The van der Waals surface area contributed by atoms with Crippen molar-refractivity contribution >= 4 is 11.6 Å². The van der Waals surface area contributed by atoms with Crippen LogP contribution < -0.4 is 5.32 Å². The predicted octanol–water partition coefficient (Wildman–Crippen LogP) is 2.10. The third kappa shape index (κ3) is 3.00. The molecular weight excluding hydrogens is 318 g/mol. The fourth-order valence-electron chi connectivity index (χ4n) is 2.43. The van der Waals surface area contributed by atoms with E-state index in [1.165, 1.54) is 17.2 Å². The number of carbonyl (C=O) groups is 1. The van der Waals surface area contributed by atoms with Gasteiger partial charge in [0.15, 0.2) is 0 Å². The summed E-state index contributed by atoms with van der Waals surface area (Å²) >= 11 is 0. The molecule has 0 atom stereocenters. The van der Waals surface area contributed by atoms with Crippen LogP contribution in [0.15, 0.2) is 73.4 Å². The standard InChI is InChI=1S/C17H13N7O/c25-17(16-10-18-11-23(16)14-4-2-1-3-5-14)20-13-6-8-15(9-7-13)24-12-19-21-22-24/h1-12H,(H,20,25). The van der Waals surface area contributed by atoms with Crippen molar-refractivity contribution < 1.29 is 4.79 Å². The number of imidazole rings is 1. The molecule has 0 saturated heterocycles. The van der Waals surface area contributed by atoms with Crippen molar-refractivity contribution in [1.29, 1.82) is 0 Å². The first-order valence-corrected chi connectivity index (χ1v) is 7.54. The van der Waals surface area contributed by atoms with Crippen molar-refractivity contribution in [2.75, 3.05) is 5.32 Å². The fraction of sp³-hybridized carbons (Fsp3) is 0. The molecule has 2 heterocycles. The monoisotopic (exact) mass is 331 g/mol. The van der Waals surface area contributed by atoms with Gasteiger partial charge in [0.05, 0.1) is 18.2 Å². The molecule has 0 aliphatic heterocycles. The molecule has 0 aliphatic rings. The van der Waals surface area contributed by atoms with Crippen molar-refractivity contribution in [3.05, 3.63) is 79.1 Å². The lowest BCUT2D eigenvalue weighted by atomic mass is 10.2. The van der Waals surface area contributed by atoms with Crippen molar-refractivity contribution in [2.24, 2.45) is 0 Å². The molecule has 4 rings (SSSR count). The Hall–Kier alpha value is -3.81. The van der Waals surface area contributed by atoms with Gasteiger partial charge in [0, 0.05) is 11.4 Å². The van der Waals surface area contributed by atoms with Crippen LogP contribution in [0.1, 0.15) is 10.5 Å². The number of aromatic nitrogens is 6. The van der Waals surface area contributed by atoms with Crippen LogP contribution in [-0.2, 0) is 0 Å². The molecule has 122 valence electrons. The Morgan fingerprint density at radius 1 is 0.920 bits per heavy atom. The second kappa shape index (κ2) is 6.36. The smallest absolute Gasteiger partial charge is 0.274 e. The second-order valence-electron chi connectivity index (χ2n) is 5.24. The lowest BCUT2D eigenvalue weighted by Crippen LogP contribution is -2.16. The molecule has 0 saturated carbocycles. The van der Waals surface area contributed by atoms with Gasteiger partial charge in [0.25, 0.3) is 5.91 Å². The molecule has 2 aromatic carbocycles. The first kappa shape index (κ1) is 14.8. The van der Waals surface area contributed by atoms with E-state index in [-0.39, 0.29) is 5.91 Å². The van der Waals surface area contributed by atoms with Gasteiger partial charge >= 0.3 is 0 Å². The molecule has 8 nitrogen and oxygen atoms in total. The van der Waals surface area contributed by atoms with E-state index in [1.54, 1.807) is 23.0 Å². The molecular formula is C17H13N7O. The summed E-state index contributed by atoms with van der Waals surface area (Å²) in [4.78, 5) is 16.7. The molecule has 2 aromatic heterocycles. The lowest BCUT2D eigenvalue weighted by Gasteiger charge is -2.09. The zero-order chi connectivity index (χ0) is 17.1. The highest BCUT2D eigenvalue weighted by Gasteiger charge is 2.13. The topological polar surface area (TPSA) is 90.5 Å². The number of nitrogens with zero attached hydrogens (tertiary/aromatic N) is 6. The van der Waals surface area contributed by atoms with Crippen LogP contribution in [0.25, 0.3) is 11.4 Å². The Morgan fingerprint density at radius 2 is 1.72 bits per heavy atom. The Bertz CT molecular complexity index is 976. The molecule has 0 radical (unpaired) electrons. The first-order chi connectivity index (χ1) is 12.3. The summed E-state index contributed by atoms with van der Waals surface area (Å²) in [7, 11) is 0. The van der Waals surface area contributed by atoms with Gasteiger partial charge in [-0.05, 0) is 46.8 Å². The van der Waals surface area contributed by atoms with Crippen molar-refractivity contribution in [1.82, 2.24) is 29.8 Å². The average molecular weight is 331 g/mol. The molecule has 8 heteroatoms. The largest absolute Gasteiger partial charge is 0.321 e. The Kier molecular flexibility index (Phi) is 3.76. The van der Waals surface area contributed by atoms with Gasteiger partial charge < -0.3 is 5.32 Å². The van der Waals surface area contributed by atoms with Crippen LogP contribution in [0.3, 0.4) is 0 Å². The van der Waals surface area contributed by atoms with Crippen LogP contribution in [0.5, 0.6) is 0 Å². The highest BCUT2D eigenvalue weighted by molar-refractivity contribution is 6.03. The number of carbonyl (C=O) groups excluding carboxylic acids is 1. The van der Waals surface area contributed by atoms with Gasteiger partial charge in [-0.3, -0.25) is 9.36 Å². The fourth-order valence-corrected chi connectivity index (χ4v) is 2.43. The first-order valence-electron chi connectivity index (χ1n) is 7.54. The quantitative estimate of drug-likeness (QED) is 0.618. The molecule has 0 aliphatic carbocycles. The average Bonchev–Trinajstić information content (AvgIpc) is 3.35. The predicted molar refractivity (Wildman–Crippen MR) is 90.7 cm³/mol. The molecule has 25 heavy (non-hydrogen) atoms. The number of rotatable bonds is 4. The SMILES string of the molecule is O=C(Nc1ccc(-n2cnnn2)cc1)c1cncn1-c1ccccc1. The van der Waals surface area contributed by atoms with Crippen LogP contribution in [0.2, 0.25) is 0 Å². The van der Waals surface area contributed by atoms with Crippen LogP contribution in [0, 0.1) is 0 Å². The molecule has 4 aromatic rings. The van der Waals surface area contributed by atoms with Crippen LogP contribution >= 0.6 is 0 Å². The Balaban J connectivity index is 1.54. The number of anilines is 1. The number of benzene rings is 2. The van der Waals surface area contributed by atoms with Gasteiger partial charge in [-0.2, -0.15) is 0 Å². The van der Waals surface area contributed by atoms with E-state index in [0.717, 1.165) is 11.4 Å². The van der Waals surface area contributed by atoms with Gasteiger partial charge in [0.2, 0.25) is 0 Å². The molecule has 0 unspecified atom stereocenters. The minimum absolute atomic E-state index is 0.239. The minimum atomic E-state index is -0.239. The van der Waals surface area contributed by atoms with E-state index < -0.39 is 0 Å². The third-order valence-corrected chi connectivity index (χ3v) is 3.64. The van der Waals surface area contributed by atoms with E-state index in [4.69, 9.17) is 0 Å². The van der Waals surface area contributed by atoms with Crippen molar-refractivity contribution in [3.8, 4) is 11.4 Å². The normalized spacial score (nSPS) is 10.6. The number of para-hydroxylation sites is 1. The zero-order valence-corrected chi connectivity index (χ0v) is 13.0. The minimum Gasteiger partial charge on any atom is -0.321 e. The number of hydrogen-bond acceptors (Lipinski definition) is 5. The summed E-state index contributed by atoms with van der Waals surface area (Å²) in [6, 6.07) is 16.8. The molecule has 1 amide bonds. The molecule has 0 bridgehead atoms. The summed E-state index contributed by atoms with van der Waals surface area (Å²) in [5.41, 5.74) is 2.80. The van der Waals surface area contributed by atoms with Gasteiger partial charge in [0.1, 0.15) is 12.0 Å². The van der Waals surface area contributed by atoms with E-state index in [1.807, 2.05) is 42.5 Å². The Labute approximate surface area is 142 Å². The third-order valence-electron chi connectivity index (χ3n) is 3.64. The maximum Gasteiger partial charge on any atom is 0.274 e. The summed E-state index contributed by atoms with van der Waals surface area (Å²) in [5.74, 6) is -0.239. The van der Waals surface area contributed by atoms with E-state index in [2.05, 4.69) is 25.8 Å². The highest BCUT2D eigenvalue weighted by atomic mass is 16.2. The van der Waals surface area contributed by atoms with Crippen LogP contribution in [0.4, 0.5) is 5.69 Å². The highest BCUT2D eigenvalue weighted by Crippen LogP contribution is 2.15. The summed E-state index contributed by atoms with van der Waals surface area (Å²) in [6.45, 7) is 0. The number of amides is 1. The summed E-state index contributed by atoms with van der Waals surface area (Å²) in [6.07, 6.45) is 4.66. The molecule has 1 N–H and O–H groups in total. The number of hydrogen-bond donors (Lipinski definition) is 1. The number of tetrazole rings is 1. The summed E-state index contributed by atoms with van der Waals surface area (Å²) < 4.78 is 3.28. The Morgan fingerprint density at radius 3 is 2.44 bits per heavy atom. The molecule has 0 spiro atoms. The lowest BCUT2D eigenvalue weighted by molar-refractivity contribution is 0.102. The van der Waals surface area contributed by atoms with Gasteiger partial charge in [-0.1, -0.05) is 18.2 Å². The second-order valence-corrected chi connectivity index (χ2v) is 5.24. The van der Waals surface area contributed by atoms with Crippen molar-refractivity contribution in [2.45, 2.75) is 0 Å². The number of nitrogens with one attached hydrogen (secondary N) is 1. The zero-order valence-electron chi connectivity index (χ0n) is 13.0.